The van der Waals surface area contributed by atoms with Gasteiger partial charge in [-0.1, -0.05) is 84.5 Å². The molecule has 0 radical (unpaired) electrons. The molecule has 7 heteroatoms. The minimum absolute atomic E-state index is 0.280. The second kappa shape index (κ2) is 15.8. The average molecular weight is 380 g/mol. The molecule has 0 aromatic carbocycles. The summed E-state index contributed by atoms with van der Waals surface area (Å²) in [7, 11) is -4.70. The molecule has 6 nitrogen and oxygen atoms in total. The van der Waals surface area contributed by atoms with Crippen molar-refractivity contribution in [3.63, 3.8) is 0 Å². The monoisotopic (exact) mass is 380 g/mol. The maximum atomic E-state index is 12.0. The van der Waals surface area contributed by atoms with E-state index in [9.17, 15) is 9.36 Å². The minimum Gasteiger partial charge on any atom is -0.464 e. The Hall–Kier alpha value is -0.420. The lowest BCUT2D eigenvalue weighted by molar-refractivity contribution is -0.153. The topological polar surface area (TPSA) is 93.1 Å². The minimum atomic E-state index is -4.70. The van der Waals surface area contributed by atoms with E-state index in [1.54, 1.807) is 0 Å². The first kappa shape index (κ1) is 24.6. The number of rotatable bonds is 17. The van der Waals surface area contributed by atoms with Crippen molar-refractivity contribution in [3.05, 3.63) is 0 Å². The Kier molecular flexibility index (Phi) is 15.5. The molecule has 25 heavy (non-hydrogen) atoms. The first-order valence-corrected chi connectivity index (χ1v) is 11.3. The van der Waals surface area contributed by atoms with Gasteiger partial charge in [0.25, 0.3) is 0 Å². The third-order valence-corrected chi connectivity index (χ3v) is 4.62. The van der Waals surface area contributed by atoms with Gasteiger partial charge in [0.2, 0.25) is 0 Å². The second-order valence-electron chi connectivity index (χ2n) is 6.58. The van der Waals surface area contributed by atoms with E-state index in [1.807, 2.05) is 0 Å². The molecule has 0 saturated carbocycles. The van der Waals surface area contributed by atoms with Gasteiger partial charge in [-0.15, -0.1) is 0 Å². The van der Waals surface area contributed by atoms with Gasteiger partial charge in [-0.05, 0) is 12.8 Å². The van der Waals surface area contributed by atoms with Crippen LogP contribution in [0.15, 0.2) is 0 Å². The smallest absolute Gasteiger partial charge is 0.464 e. The number of phosphoric acid groups is 1. The van der Waals surface area contributed by atoms with Crippen molar-refractivity contribution in [3.8, 4) is 0 Å². The number of esters is 1. The number of phosphoric ester groups is 1. The van der Waals surface area contributed by atoms with Crippen LogP contribution in [0, 0.1) is 0 Å². The Bertz CT molecular complexity index is 369. The quantitative estimate of drug-likeness (QED) is 0.207. The van der Waals surface area contributed by atoms with Crippen molar-refractivity contribution in [2.45, 2.75) is 103 Å². The van der Waals surface area contributed by atoms with Crippen LogP contribution in [0.4, 0.5) is 0 Å². The van der Waals surface area contributed by atoms with E-state index in [2.05, 4.69) is 18.4 Å². The van der Waals surface area contributed by atoms with Gasteiger partial charge >= 0.3 is 13.8 Å². The molecule has 0 bridgehead atoms. The van der Waals surface area contributed by atoms with Crippen LogP contribution in [0.5, 0.6) is 0 Å². The van der Waals surface area contributed by atoms with Crippen LogP contribution < -0.4 is 0 Å². The van der Waals surface area contributed by atoms with Crippen molar-refractivity contribution in [1.82, 2.24) is 0 Å². The summed E-state index contributed by atoms with van der Waals surface area (Å²) in [5, 5.41) is 0. The van der Waals surface area contributed by atoms with Gasteiger partial charge in [0, 0.05) is 0 Å². The molecular weight excluding hydrogens is 343 g/mol. The van der Waals surface area contributed by atoms with Gasteiger partial charge in [-0.3, -0.25) is 4.52 Å². The highest BCUT2D eigenvalue weighted by Crippen LogP contribution is 2.39. The van der Waals surface area contributed by atoms with Crippen LogP contribution in [0.25, 0.3) is 0 Å². The van der Waals surface area contributed by atoms with Crippen molar-refractivity contribution < 1.29 is 28.4 Å². The fourth-order valence-electron chi connectivity index (χ4n) is 2.64. The number of hydrogen-bond donors (Lipinski definition) is 2. The Morgan fingerprint density at radius 1 is 0.840 bits per heavy atom. The molecule has 0 aliphatic heterocycles. The highest BCUT2D eigenvalue weighted by atomic mass is 31.2. The Morgan fingerprint density at radius 2 is 1.32 bits per heavy atom. The first-order valence-electron chi connectivity index (χ1n) is 9.81. The van der Waals surface area contributed by atoms with Crippen molar-refractivity contribution in [2.75, 3.05) is 6.61 Å². The van der Waals surface area contributed by atoms with E-state index < -0.39 is 19.9 Å². The molecular formula is C18H37O6P. The summed E-state index contributed by atoms with van der Waals surface area (Å²) in [5.74, 6) is -0.662. The zero-order valence-electron chi connectivity index (χ0n) is 16.0. The van der Waals surface area contributed by atoms with Crippen molar-refractivity contribution >= 4 is 13.8 Å². The maximum Gasteiger partial charge on any atom is 0.470 e. The predicted molar refractivity (Wildman–Crippen MR) is 99.2 cm³/mol. The molecule has 0 aliphatic carbocycles. The summed E-state index contributed by atoms with van der Waals surface area (Å²) in [6, 6.07) is 0. The molecule has 0 aliphatic rings. The number of unbranched alkanes of at least 4 members (excludes halogenated alkanes) is 10. The van der Waals surface area contributed by atoms with E-state index in [-0.39, 0.29) is 13.0 Å². The fourth-order valence-corrected chi connectivity index (χ4v) is 3.16. The summed E-state index contributed by atoms with van der Waals surface area (Å²) in [5.41, 5.74) is 0. The fraction of sp³-hybridized carbons (Fsp3) is 0.944. The molecule has 0 rings (SSSR count). The zero-order valence-corrected chi connectivity index (χ0v) is 16.8. The number of ether oxygens (including phenoxy) is 1. The average Bonchev–Trinajstić information content (AvgIpc) is 2.54. The molecule has 0 aromatic heterocycles. The zero-order chi connectivity index (χ0) is 19.0. The summed E-state index contributed by atoms with van der Waals surface area (Å²) in [6.07, 6.45) is 11.8. The number of carbonyl (C=O) groups excluding carboxylic acids is 1. The lowest BCUT2D eigenvalue weighted by Crippen LogP contribution is -2.26. The lowest BCUT2D eigenvalue weighted by atomic mass is 10.1. The van der Waals surface area contributed by atoms with E-state index >= 15 is 0 Å². The molecule has 150 valence electrons. The van der Waals surface area contributed by atoms with Crippen LogP contribution >= 0.6 is 7.82 Å². The number of hydrogen-bond acceptors (Lipinski definition) is 4. The van der Waals surface area contributed by atoms with Crippen LogP contribution in [0.3, 0.4) is 0 Å². The first-order chi connectivity index (χ1) is 11.9. The van der Waals surface area contributed by atoms with Crippen LogP contribution in [-0.4, -0.2) is 28.5 Å². The molecule has 2 N–H and O–H groups in total. The standard InChI is InChI=1S/C18H37O6P/c1-3-5-7-9-11-13-15-17(24-25(20,21)22)18(19)23-16-14-12-10-8-6-4-2/h17H,3-16H2,1-2H3,(H2,20,21,22). The highest BCUT2D eigenvalue weighted by Gasteiger charge is 2.29. The molecule has 0 aromatic rings. The highest BCUT2D eigenvalue weighted by molar-refractivity contribution is 7.46. The van der Waals surface area contributed by atoms with Gasteiger partial charge in [0.05, 0.1) is 6.61 Å². The predicted octanol–water partition coefficient (Wildman–Crippen LogP) is 5.12. The summed E-state index contributed by atoms with van der Waals surface area (Å²) < 4.78 is 20.8. The SMILES string of the molecule is CCCCCCCCOC(=O)C(CCCCCCCC)OP(=O)(O)O. The molecule has 0 saturated heterocycles. The van der Waals surface area contributed by atoms with Gasteiger partial charge in [-0.2, -0.15) is 0 Å². The second-order valence-corrected chi connectivity index (χ2v) is 7.77. The summed E-state index contributed by atoms with van der Waals surface area (Å²) in [4.78, 5) is 30.0. The third kappa shape index (κ3) is 16.8. The Labute approximate surface area is 152 Å². The molecule has 1 atom stereocenters. The normalized spacial score (nSPS) is 13.0. The van der Waals surface area contributed by atoms with E-state index in [0.29, 0.717) is 6.42 Å². The van der Waals surface area contributed by atoms with Crippen LogP contribution in [-0.2, 0) is 18.6 Å². The Morgan fingerprint density at radius 3 is 1.84 bits per heavy atom. The molecule has 0 heterocycles. The van der Waals surface area contributed by atoms with Gasteiger partial charge in [0.1, 0.15) is 0 Å². The van der Waals surface area contributed by atoms with Crippen molar-refractivity contribution in [1.29, 1.82) is 0 Å². The molecule has 1 unspecified atom stereocenters. The molecule has 0 amide bonds. The largest absolute Gasteiger partial charge is 0.470 e. The molecule has 0 fully saturated rings. The van der Waals surface area contributed by atoms with Gasteiger partial charge < -0.3 is 14.5 Å². The van der Waals surface area contributed by atoms with Gasteiger partial charge in [-0.25, -0.2) is 9.36 Å². The van der Waals surface area contributed by atoms with Crippen LogP contribution in [0.1, 0.15) is 97.3 Å². The van der Waals surface area contributed by atoms with E-state index in [1.165, 1.54) is 25.7 Å². The number of carbonyl (C=O) groups is 1. The van der Waals surface area contributed by atoms with Crippen molar-refractivity contribution in [2.24, 2.45) is 0 Å². The third-order valence-electron chi connectivity index (χ3n) is 4.09. The van der Waals surface area contributed by atoms with E-state index in [0.717, 1.165) is 44.9 Å². The van der Waals surface area contributed by atoms with Gasteiger partial charge in [0.15, 0.2) is 6.10 Å². The van der Waals surface area contributed by atoms with E-state index in [4.69, 9.17) is 14.5 Å². The Balaban J connectivity index is 4.05. The summed E-state index contributed by atoms with van der Waals surface area (Å²) >= 11 is 0. The molecule has 0 spiro atoms. The lowest BCUT2D eigenvalue weighted by Gasteiger charge is -2.17. The van der Waals surface area contributed by atoms with Crippen LogP contribution in [0.2, 0.25) is 0 Å². The summed E-state index contributed by atoms with van der Waals surface area (Å²) in [6.45, 7) is 4.58. The maximum absolute atomic E-state index is 12.0.